The van der Waals surface area contributed by atoms with Gasteiger partial charge in [0.2, 0.25) is 17.5 Å². The summed E-state index contributed by atoms with van der Waals surface area (Å²) in [6, 6.07) is 9.35. The normalized spacial score (nSPS) is 29.7. The van der Waals surface area contributed by atoms with Gasteiger partial charge in [-0.05, 0) is 42.2 Å². The van der Waals surface area contributed by atoms with Gasteiger partial charge in [0.25, 0.3) is 5.60 Å². The summed E-state index contributed by atoms with van der Waals surface area (Å²) in [5.41, 5.74) is -5.86. The Labute approximate surface area is 291 Å². The first-order chi connectivity index (χ1) is 23.4. The highest BCUT2D eigenvalue weighted by Crippen LogP contribution is 2.56. The van der Waals surface area contributed by atoms with Crippen LogP contribution in [0.2, 0.25) is 0 Å². The monoisotopic (exact) mass is 704 g/mol. The molecule has 1 aromatic carbocycles. The van der Waals surface area contributed by atoms with Gasteiger partial charge in [0.1, 0.15) is 12.2 Å². The van der Waals surface area contributed by atoms with Crippen molar-refractivity contribution in [3.8, 4) is 0 Å². The SMILES string of the molecule is C=C(CC[C@]12O[C@H](C(=O)O)[C@@](O)(C(=O)O)[C@](C(=O)OC)(O1)[C@H](OC(=O)/C=C/[C@@H](C)C[C@@H](C)CC)[C@H]2O)[C@@H](OC(C)=O)[C@H](C)Cc1ccccc1. The largest absolute Gasteiger partial charge is 0.479 e. The molecule has 0 aliphatic carbocycles. The van der Waals surface area contributed by atoms with Crippen LogP contribution in [-0.4, -0.2) is 98.8 Å². The highest BCUT2D eigenvalue weighted by Gasteiger charge is 2.86. The maximum Gasteiger partial charge on any atom is 0.346 e. The fourth-order valence-electron chi connectivity index (χ4n) is 6.72. The number of carbonyl (C=O) groups excluding carboxylic acids is 3. The number of methoxy groups -OCH3 is 1. The second kappa shape index (κ2) is 16.3. The lowest BCUT2D eigenvalue weighted by atomic mass is 9.74. The van der Waals surface area contributed by atoms with Crippen LogP contribution in [0.1, 0.15) is 65.9 Å². The molecule has 50 heavy (non-hydrogen) atoms. The molecule has 0 spiro atoms. The number of ether oxygens (including phenoxy) is 5. The number of aliphatic hydroxyl groups is 2. The Morgan fingerprint density at radius 3 is 2.26 bits per heavy atom. The molecule has 2 aliphatic heterocycles. The highest BCUT2D eigenvalue weighted by atomic mass is 16.8. The molecule has 276 valence electrons. The van der Waals surface area contributed by atoms with Gasteiger partial charge in [-0.1, -0.05) is 77.1 Å². The summed E-state index contributed by atoms with van der Waals surface area (Å²) < 4.78 is 27.3. The molecule has 0 aromatic heterocycles. The zero-order valence-corrected chi connectivity index (χ0v) is 29.2. The van der Waals surface area contributed by atoms with E-state index in [-0.39, 0.29) is 23.8 Å². The average molecular weight is 705 g/mol. The van der Waals surface area contributed by atoms with Crippen LogP contribution < -0.4 is 0 Å². The van der Waals surface area contributed by atoms with Crippen LogP contribution in [0.4, 0.5) is 0 Å². The quantitative estimate of drug-likeness (QED) is 0.0795. The van der Waals surface area contributed by atoms with Gasteiger partial charge < -0.3 is 44.1 Å². The molecule has 2 fully saturated rings. The maximum atomic E-state index is 13.6. The van der Waals surface area contributed by atoms with Crippen molar-refractivity contribution >= 4 is 29.8 Å². The first kappa shape index (κ1) is 40.3. The number of benzene rings is 1. The van der Waals surface area contributed by atoms with Crippen LogP contribution in [0.5, 0.6) is 0 Å². The predicted molar refractivity (Wildman–Crippen MR) is 175 cm³/mol. The number of allylic oxidation sites excluding steroid dienone is 1. The maximum absolute atomic E-state index is 13.6. The molecule has 2 heterocycles. The molecule has 0 radical (unpaired) electrons. The van der Waals surface area contributed by atoms with Crippen molar-refractivity contribution in [2.75, 3.05) is 7.11 Å². The number of esters is 3. The minimum absolute atomic E-state index is 0.0986. The lowest BCUT2D eigenvalue weighted by Gasteiger charge is -2.49. The fourth-order valence-corrected chi connectivity index (χ4v) is 6.72. The Hall–Kier alpha value is -4.11. The lowest BCUT2D eigenvalue weighted by Crippen LogP contribution is -2.78. The molecule has 0 unspecified atom stereocenters. The Kier molecular flexibility index (Phi) is 13.1. The predicted octanol–water partition coefficient (Wildman–Crippen LogP) is 2.97. The van der Waals surface area contributed by atoms with E-state index in [0.717, 1.165) is 31.6 Å². The number of rotatable bonds is 17. The summed E-state index contributed by atoms with van der Waals surface area (Å²) in [7, 11) is 0.815. The molecule has 0 amide bonds. The van der Waals surface area contributed by atoms with Crippen molar-refractivity contribution in [1.82, 2.24) is 0 Å². The Bertz CT molecular complexity index is 1460. The minimum Gasteiger partial charge on any atom is -0.479 e. The van der Waals surface area contributed by atoms with Crippen LogP contribution in [0, 0.1) is 17.8 Å². The molecular weight excluding hydrogens is 656 g/mol. The van der Waals surface area contributed by atoms with Crippen molar-refractivity contribution < 1.29 is 68.1 Å². The van der Waals surface area contributed by atoms with E-state index in [2.05, 4.69) is 6.58 Å². The van der Waals surface area contributed by atoms with Crippen molar-refractivity contribution in [2.45, 2.75) is 108 Å². The zero-order chi connectivity index (χ0) is 37.6. The summed E-state index contributed by atoms with van der Waals surface area (Å²) in [6.07, 6.45) is -4.27. The van der Waals surface area contributed by atoms with Gasteiger partial charge in [0.15, 0.2) is 6.10 Å². The third-order valence-corrected chi connectivity index (χ3v) is 9.46. The van der Waals surface area contributed by atoms with Crippen LogP contribution in [-0.2, 0) is 54.1 Å². The molecule has 10 atom stereocenters. The van der Waals surface area contributed by atoms with Gasteiger partial charge in [-0.2, -0.15) is 0 Å². The van der Waals surface area contributed by atoms with Crippen LogP contribution in [0.25, 0.3) is 0 Å². The molecule has 4 N–H and O–H groups in total. The van der Waals surface area contributed by atoms with Crippen molar-refractivity contribution in [2.24, 2.45) is 17.8 Å². The van der Waals surface area contributed by atoms with E-state index in [1.807, 2.05) is 58.0 Å². The van der Waals surface area contributed by atoms with Gasteiger partial charge in [-0.15, -0.1) is 0 Å². The number of carboxylic acids is 2. The number of fused-ring (bicyclic) bond motifs is 2. The van der Waals surface area contributed by atoms with E-state index < -0.39 is 77.7 Å². The van der Waals surface area contributed by atoms with Crippen molar-refractivity contribution in [3.63, 3.8) is 0 Å². The molecule has 14 nitrogen and oxygen atoms in total. The van der Waals surface area contributed by atoms with Gasteiger partial charge >= 0.3 is 29.8 Å². The average Bonchev–Trinajstić information content (AvgIpc) is 3.28. The van der Waals surface area contributed by atoms with Crippen LogP contribution >= 0.6 is 0 Å². The van der Waals surface area contributed by atoms with E-state index in [4.69, 9.17) is 23.7 Å². The molecule has 2 bridgehead atoms. The first-order valence-electron chi connectivity index (χ1n) is 16.5. The second-order valence-corrected chi connectivity index (χ2v) is 13.3. The standard InChI is InChI=1S/C36H48O14/c1-8-20(2)18-21(3)14-15-26(38)48-29-28(39)34(49-30(31(40)41)35(45,32(42)43)36(29,50-34)33(44)46-7)17-16-22(4)27(47-24(6)37)23(5)19-25-12-10-9-11-13-25/h9-15,20-21,23,27-30,39,45H,4,8,16-19H2,1-3,5-7H3,(H,40,41)(H,42,43)/b15-14+/t20-,21+,23+,27+,28+,29+,30+,34-,35+,36-/m0/s1. The topological polar surface area (TPSA) is 212 Å². The number of carboxylic acid groups (broad SMARTS) is 2. The highest BCUT2D eigenvalue weighted by molar-refractivity contribution is 5.98. The van der Waals surface area contributed by atoms with Crippen LogP contribution in [0.15, 0.2) is 54.6 Å². The van der Waals surface area contributed by atoms with E-state index in [0.29, 0.717) is 12.3 Å². The smallest absolute Gasteiger partial charge is 0.346 e. The van der Waals surface area contributed by atoms with Crippen LogP contribution in [0.3, 0.4) is 0 Å². The second-order valence-electron chi connectivity index (χ2n) is 13.3. The Morgan fingerprint density at radius 2 is 1.72 bits per heavy atom. The number of hydrogen-bond donors (Lipinski definition) is 4. The van der Waals surface area contributed by atoms with E-state index in [1.54, 1.807) is 0 Å². The van der Waals surface area contributed by atoms with Gasteiger partial charge in [-0.25, -0.2) is 19.2 Å². The van der Waals surface area contributed by atoms with E-state index >= 15 is 0 Å². The summed E-state index contributed by atoms with van der Waals surface area (Å²) >= 11 is 0. The number of aliphatic hydroxyl groups excluding tert-OH is 1. The molecule has 0 saturated carbocycles. The molecule has 2 aliphatic rings. The number of aliphatic carboxylic acids is 2. The number of carbonyl (C=O) groups is 5. The number of hydrogen-bond acceptors (Lipinski definition) is 12. The summed E-state index contributed by atoms with van der Waals surface area (Å²) in [5.74, 6) is -10.4. The van der Waals surface area contributed by atoms with Gasteiger partial charge in [-0.3, -0.25) is 4.79 Å². The Balaban J connectivity index is 2.05. The molecule has 14 heteroatoms. The Morgan fingerprint density at radius 1 is 1.08 bits per heavy atom. The summed E-state index contributed by atoms with van der Waals surface area (Å²) in [5, 5.41) is 43.7. The molecule has 2 saturated heterocycles. The van der Waals surface area contributed by atoms with Crippen molar-refractivity contribution in [1.29, 1.82) is 0 Å². The van der Waals surface area contributed by atoms with E-state index in [9.17, 15) is 44.4 Å². The zero-order valence-electron chi connectivity index (χ0n) is 29.2. The van der Waals surface area contributed by atoms with Crippen molar-refractivity contribution in [3.05, 3.63) is 60.2 Å². The molecule has 1 aromatic rings. The third-order valence-electron chi connectivity index (χ3n) is 9.46. The van der Waals surface area contributed by atoms with E-state index in [1.165, 1.54) is 13.0 Å². The lowest BCUT2D eigenvalue weighted by molar-refractivity contribution is -0.374. The third kappa shape index (κ3) is 7.93. The minimum atomic E-state index is -3.77. The molecular formula is C36H48O14. The van der Waals surface area contributed by atoms with Gasteiger partial charge in [0.05, 0.1) is 7.11 Å². The van der Waals surface area contributed by atoms with Gasteiger partial charge in [0, 0.05) is 25.3 Å². The summed E-state index contributed by atoms with van der Waals surface area (Å²) in [4.78, 5) is 64.0. The summed E-state index contributed by atoms with van der Waals surface area (Å²) in [6.45, 7) is 13.0. The fraction of sp³-hybridized carbons (Fsp3) is 0.583. The molecule has 3 rings (SSSR count). The first-order valence-corrected chi connectivity index (χ1v) is 16.5.